The van der Waals surface area contributed by atoms with Crippen LogP contribution in [0.3, 0.4) is 0 Å². The maximum atomic E-state index is 10.1. The summed E-state index contributed by atoms with van der Waals surface area (Å²) in [5, 5.41) is 8.29. The van der Waals surface area contributed by atoms with Gasteiger partial charge in [0.2, 0.25) is 0 Å². The molecule has 0 radical (unpaired) electrons. The minimum atomic E-state index is -0.971. The van der Waals surface area contributed by atoms with E-state index < -0.39 is 5.97 Å². The van der Waals surface area contributed by atoms with Crippen molar-refractivity contribution in [1.82, 2.24) is 0 Å². The van der Waals surface area contributed by atoms with E-state index in [1.165, 1.54) is 0 Å². The van der Waals surface area contributed by atoms with Gasteiger partial charge in [0.25, 0.3) is 0 Å². The molecule has 0 unspecified atom stereocenters. The summed E-state index contributed by atoms with van der Waals surface area (Å²) in [4.78, 5) is 10.1. The lowest BCUT2D eigenvalue weighted by Crippen LogP contribution is -2.14. The highest BCUT2D eigenvalue weighted by Gasteiger charge is 1.96. The van der Waals surface area contributed by atoms with Gasteiger partial charge in [0.1, 0.15) is 6.61 Å². The van der Waals surface area contributed by atoms with Crippen LogP contribution >= 0.6 is 0 Å². The molecular weight excluding hydrogens is 240 g/mol. The van der Waals surface area contributed by atoms with Gasteiger partial charge in [-0.05, 0) is 6.42 Å². The Morgan fingerprint density at radius 3 is 1.72 bits per heavy atom. The van der Waals surface area contributed by atoms with Crippen molar-refractivity contribution in [2.75, 3.05) is 52.9 Å². The highest BCUT2D eigenvalue weighted by Crippen LogP contribution is 1.88. The molecule has 0 spiro atoms. The normalized spacial score (nSPS) is 10.7. The van der Waals surface area contributed by atoms with E-state index in [2.05, 4.69) is 6.92 Å². The Morgan fingerprint density at radius 1 is 0.833 bits per heavy atom. The molecule has 6 heteroatoms. The first-order valence-electron chi connectivity index (χ1n) is 6.30. The molecule has 0 heterocycles. The van der Waals surface area contributed by atoms with Gasteiger partial charge < -0.3 is 24.1 Å². The number of carboxylic acid groups (broad SMARTS) is 1. The second kappa shape index (κ2) is 14.4. The topological polar surface area (TPSA) is 74.2 Å². The third-order valence-corrected chi connectivity index (χ3v) is 1.98. The number of ether oxygens (including phenoxy) is 4. The fraction of sp³-hybridized carbons (Fsp3) is 0.917. The summed E-state index contributed by atoms with van der Waals surface area (Å²) < 4.78 is 20.6. The third kappa shape index (κ3) is 15.3. The second-order valence-corrected chi connectivity index (χ2v) is 3.64. The van der Waals surface area contributed by atoms with E-state index in [-0.39, 0.29) is 13.2 Å². The van der Waals surface area contributed by atoms with Crippen LogP contribution < -0.4 is 0 Å². The second-order valence-electron chi connectivity index (χ2n) is 3.64. The quantitative estimate of drug-likeness (QED) is 0.471. The number of carboxylic acids is 1. The molecule has 108 valence electrons. The summed E-state index contributed by atoms with van der Waals surface area (Å²) in [6.45, 7) is 5.46. The first kappa shape index (κ1) is 17.3. The molecular formula is C12H24O6. The van der Waals surface area contributed by atoms with Gasteiger partial charge in [-0.2, -0.15) is 0 Å². The van der Waals surface area contributed by atoms with Crippen molar-refractivity contribution in [3.05, 3.63) is 0 Å². The maximum Gasteiger partial charge on any atom is 0.329 e. The van der Waals surface area contributed by atoms with Crippen molar-refractivity contribution in [3.63, 3.8) is 0 Å². The standard InChI is InChI=1S/C12H24O6/c1-2-3-4-15-5-6-16-7-8-17-9-10-18-11-12(13)14/h2-11H2,1H3,(H,13,14). The summed E-state index contributed by atoms with van der Waals surface area (Å²) >= 11 is 0. The highest BCUT2D eigenvalue weighted by atomic mass is 16.6. The zero-order valence-corrected chi connectivity index (χ0v) is 11.1. The SMILES string of the molecule is CCCCOCCOCCOCCOCC(=O)O. The molecule has 0 saturated heterocycles. The van der Waals surface area contributed by atoms with Crippen LogP contribution in [-0.2, 0) is 23.7 Å². The number of hydrogen-bond donors (Lipinski definition) is 1. The van der Waals surface area contributed by atoms with Gasteiger partial charge in [0.15, 0.2) is 0 Å². The van der Waals surface area contributed by atoms with Crippen molar-refractivity contribution in [2.24, 2.45) is 0 Å². The minimum absolute atomic E-state index is 0.283. The summed E-state index contributed by atoms with van der Waals surface area (Å²) in [5.74, 6) is -0.971. The largest absolute Gasteiger partial charge is 0.480 e. The van der Waals surface area contributed by atoms with Crippen LogP contribution in [-0.4, -0.2) is 63.9 Å². The molecule has 18 heavy (non-hydrogen) atoms. The van der Waals surface area contributed by atoms with Crippen molar-refractivity contribution < 1.29 is 28.8 Å². The van der Waals surface area contributed by atoms with E-state index >= 15 is 0 Å². The molecule has 0 fully saturated rings. The van der Waals surface area contributed by atoms with Crippen LogP contribution in [0.5, 0.6) is 0 Å². The minimum Gasteiger partial charge on any atom is -0.480 e. The number of unbranched alkanes of at least 4 members (excludes halogenated alkanes) is 1. The Kier molecular flexibility index (Phi) is 13.8. The van der Waals surface area contributed by atoms with Crippen LogP contribution in [0.15, 0.2) is 0 Å². The van der Waals surface area contributed by atoms with Gasteiger partial charge in [-0.15, -0.1) is 0 Å². The molecule has 0 aliphatic rings. The number of hydrogen-bond acceptors (Lipinski definition) is 5. The third-order valence-electron chi connectivity index (χ3n) is 1.98. The number of carbonyl (C=O) groups is 1. The lowest BCUT2D eigenvalue weighted by atomic mass is 10.4. The van der Waals surface area contributed by atoms with Crippen molar-refractivity contribution >= 4 is 5.97 Å². The lowest BCUT2D eigenvalue weighted by Gasteiger charge is -2.06. The predicted octanol–water partition coefficient (Wildman–Crippen LogP) is 0.937. The Labute approximate surface area is 108 Å². The summed E-state index contributed by atoms with van der Waals surface area (Å²) in [5.41, 5.74) is 0. The van der Waals surface area contributed by atoms with Crippen LogP contribution in [0.2, 0.25) is 0 Å². The zero-order chi connectivity index (χ0) is 13.5. The molecule has 6 nitrogen and oxygen atoms in total. The monoisotopic (exact) mass is 264 g/mol. The first-order valence-corrected chi connectivity index (χ1v) is 6.30. The van der Waals surface area contributed by atoms with Gasteiger partial charge in [-0.1, -0.05) is 13.3 Å². The number of rotatable bonds is 14. The molecule has 0 aliphatic carbocycles. The molecule has 0 aromatic carbocycles. The lowest BCUT2D eigenvalue weighted by molar-refractivity contribution is -0.142. The molecule has 0 atom stereocenters. The average Bonchev–Trinajstić information content (AvgIpc) is 2.34. The van der Waals surface area contributed by atoms with Crippen molar-refractivity contribution in [2.45, 2.75) is 19.8 Å². The summed E-state index contributed by atoms with van der Waals surface area (Å²) in [6, 6.07) is 0. The van der Waals surface area contributed by atoms with E-state index in [4.69, 9.17) is 24.1 Å². The van der Waals surface area contributed by atoms with E-state index in [0.717, 1.165) is 19.4 Å². The Hall–Kier alpha value is -0.690. The van der Waals surface area contributed by atoms with Gasteiger partial charge in [0, 0.05) is 6.61 Å². The number of aliphatic carboxylic acids is 1. The van der Waals surface area contributed by atoms with E-state index in [9.17, 15) is 4.79 Å². The summed E-state index contributed by atoms with van der Waals surface area (Å²) in [6.07, 6.45) is 2.22. The Balaban J connectivity index is 2.92. The molecule has 0 aromatic heterocycles. The molecule has 1 N–H and O–H groups in total. The van der Waals surface area contributed by atoms with Crippen LogP contribution in [0.1, 0.15) is 19.8 Å². The van der Waals surface area contributed by atoms with Gasteiger partial charge in [0.05, 0.1) is 39.6 Å². The average molecular weight is 264 g/mol. The fourth-order valence-corrected chi connectivity index (χ4v) is 1.07. The predicted molar refractivity (Wildman–Crippen MR) is 65.8 cm³/mol. The maximum absolute atomic E-state index is 10.1. The van der Waals surface area contributed by atoms with E-state index in [1.54, 1.807) is 0 Å². The molecule has 0 rings (SSSR count). The van der Waals surface area contributed by atoms with Crippen LogP contribution in [0.4, 0.5) is 0 Å². The molecule has 0 aromatic rings. The highest BCUT2D eigenvalue weighted by molar-refractivity contribution is 5.67. The van der Waals surface area contributed by atoms with Crippen LogP contribution in [0.25, 0.3) is 0 Å². The van der Waals surface area contributed by atoms with Gasteiger partial charge in [-0.3, -0.25) is 0 Å². The van der Waals surface area contributed by atoms with Crippen LogP contribution in [0, 0.1) is 0 Å². The molecule has 0 aliphatic heterocycles. The van der Waals surface area contributed by atoms with E-state index in [1.807, 2.05) is 0 Å². The fourth-order valence-electron chi connectivity index (χ4n) is 1.07. The Bertz CT molecular complexity index is 185. The Morgan fingerprint density at radius 2 is 1.28 bits per heavy atom. The molecule has 0 saturated carbocycles. The van der Waals surface area contributed by atoms with Crippen molar-refractivity contribution in [1.29, 1.82) is 0 Å². The van der Waals surface area contributed by atoms with Gasteiger partial charge in [-0.25, -0.2) is 4.79 Å². The van der Waals surface area contributed by atoms with Gasteiger partial charge >= 0.3 is 5.97 Å². The zero-order valence-electron chi connectivity index (χ0n) is 11.1. The van der Waals surface area contributed by atoms with E-state index in [0.29, 0.717) is 33.0 Å². The molecule has 0 bridgehead atoms. The first-order chi connectivity index (χ1) is 8.77. The van der Waals surface area contributed by atoms with Crippen molar-refractivity contribution in [3.8, 4) is 0 Å². The molecule has 0 amide bonds. The summed E-state index contributed by atoms with van der Waals surface area (Å²) in [7, 11) is 0. The smallest absolute Gasteiger partial charge is 0.329 e.